The molecule has 1 N–H and O–H groups in total. The Morgan fingerprint density at radius 2 is 1.69 bits per heavy atom. The number of quaternary nitrogens is 1. The minimum atomic E-state index is -0.276. The summed E-state index contributed by atoms with van der Waals surface area (Å²) >= 11 is 0. The van der Waals surface area contributed by atoms with Gasteiger partial charge in [0.05, 0.1) is 33.3 Å². The molecular formula is C14H22NO+. The lowest BCUT2D eigenvalue weighted by Crippen LogP contribution is -2.46. The highest BCUT2D eigenvalue weighted by Gasteiger charge is 2.30. The van der Waals surface area contributed by atoms with Crippen LogP contribution in [-0.4, -0.2) is 36.8 Å². The van der Waals surface area contributed by atoms with E-state index in [1.165, 1.54) is 13.1 Å². The van der Waals surface area contributed by atoms with E-state index in [0.29, 0.717) is 5.92 Å². The number of rotatable bonds is 2. The van der Waals surface area contributed by atoms with E-state index in [4.69, 9.17) is 0 Å². The summed E-state index contributed by atoms with van der Waals surface area (Å²) in [5.74, 6) is 0.438. The van der Waals surface area contributed by atoms with Crippen LogP contribution in [-0.2, 0) is 0 Å². The second kappa shape index (κ2) is 4.56. The van der Waals surface area contributed by atoms with E-state index in [9.17, 15) is 5.11 Å². The Kier molecular flexibility index (Phi) is 3.31. The van der Waals surface area contributed by atoms with E-state index in [2.05, 4.69) is 14.1 Å². The van der Waals surface area contributed by atoms with Crippen LogP contribution in [0.1, 0.15) is 24.5 Å². The number of likely N-dealkylation sites (tertiary alicyclic amines) is 1. The second-order valence-electron chi connectivity index (χ2n) is 5.58. The summed E-state index contributed by atoms with van der Waals surface area (Å²) in [6, 6.07) is 10.1. The van der Waals surface area contributed by atoms with Crippen molar-refractivity contribution in [3.63, 3.8) is 0 Å². The van der Waals surface area contributed by atoms with Gasteiger partial charge in [0.2, 0.25) is 0 Å². The van der Waals surface area contributed by atoms with Crippen LogP contribution in [0.2, 0.25) is 0 Å². The predicted molar refractivity (Wildman–Crippen MR) is 66.0 cm³/mol. The third-order valence-electron chi connectivity index (χ3n) is 3.80. The molecule has 2 rings (SSSR count). The molecule has 0 radical (unpaired) electrons. The summed E-state index contributed by atoms with van der Waals surface area (Å²) < 4.78 is 1.10. The number of piperidine rings is 1. The topological polar surface area (TPSA) is 20.2 Å². The number of aliphatic hydroxyl groups is 1. The van der Waals surface area contributed by atoms with Gasteiger partial charge < -0.3 is 9.59 Å². The van der Waals surface area contributed by atoms with Crippen LogP contribution in [0.4, 0.5) is 0 Å². The van der Waals surface area contributed by atoms with Crippen molar-refractivity contribution in [2.45, 2.75) is 18.9 Å². The Labute approximate surface area is 98.1 Å². The molecule has 0 spiro atoms. The molecule has 16 heavy (non-hydrogen) atoms. The van der Waals surface area contributed by atoms with Gasteiger partial charge in [-0.25, -0.2) is 0 Å². The first-order valence-corrected chi connectivity index (χ1v) is 6.13. The maximum Gasteiger partial charge on any atom is 0.0822 e. The highest BCUT2D eigenvalue weighted by atomic mass is 16.3. The van der Waals surface area contributed by atoms with Gasteiger partial charge in [-0.2, -0.15) is 0 Å². The number of nitrogens with zero attached hydrogens (tertiary/aromatic N) is 1. The standard InChI is InChI=1S/C14H22NO/c1-15(2)10-8-13(9-11-15)14(16)12-6-4-3-5-7-12/h3-7,13-14,16H,8-11H2,1-2H3/q+1. The van der Waals surface area contributed by atoms with Crippen molar-refractivity contribution in [2.75, 3.05) is 27.2 Å². The monoisotopic (exact) mass is 220 g/mol. The number of benzene rings is 1. The Hall–Kier alpha value is -0.860. The second-order valence-corrected chi connectivity index (χ2v) is 5.58. The van der Waals surface area contributed by atoms with Gasteiger partial charge in [-0.3, -0.25) is 0 Å². The molecule has 0 saturated carbocycles. The maximum atomic E-state index is 10.3. The van der Waals surface area contributed by atoms with Gasteiger partial charge in [0.25, 0.3) is 0 Å². The maximum absolute atomic E-state index is 10.3. The molecule has 1 saturated heterocycles. The zero-order valence-electron chi connectivity index (χ0n) is 10.3. The van der Waals surface area contributed by atoms with Crippen LogP contribution < -0.4 is 0 Å². The average Bonchev–Trinajstić information content (AvgIpc) is 2.29. The SMILES string of the molecule is C[N+]1(C)CCC(C(O)c2ccccc2)CC1. The highest BCUT2D eigenvalue weighted by Crippen LogP contribution is 2.31. The Balaban J connectivity index is 2.00. The van der Waals surface area contributed by atoms with Gasteiger partial charge in [-0.1, -0.05) is 30.3 Å². The molecule has 1 atom stereocenters. The van der Waals surface area contributed by atoms with E-state index in [0.717, 1.165) is 22.9 Å². The molecule has 1 heterocycles. The predicted octanol–water partition coefficient (Wildman–Crippen LogP) is 2.21. The summed E-state index contributed by atoms with van der Waals surface area (Å²) in [6.45, 7) is 2.35. The first-order chi connectivity index (χ1) is 7.58. The zero-order chi connectivity index (χ0) is 11.6. The fourth-order valence-electron chi connectivity index (χ4n) is 2.52. The van der Waals surface area contributed by atoms with Crippen molar-refractivity contribution in [1.29, 1.82) is 0 Å². The summed E-state index contributed by atoms with van der Waals surface area (Å²) in [5.41, 5.74) is 1.07. The molecular weight excluding hydrogens is 198 g/mol. The fourth-order valence-corrected chi connectivity index (χ4v) is 2.52. The van der Waals surface area contributed by atoms with Crippen molar-refractivity contribution >= 4 is 0 Å². The lowest BCUT2D eigenvalue weighted by atomic mass is 9.87. The van der Waals surface area contributed by atoms with Crippen molar-refractivity contribution in [1.82, 2.24) is 0 Å². The number of aliphatic hydroxyl groups excluding tert-OH is 1. The Morgan fingerprint density at radius 1 is 1.12 bits per heavy atom. The van der Waals surface area contributed by atoms with Gasteiger partial charge in [-0.05, 0) is 11.5 Å². The van der Waals surface area contributed by atoms with Crippen LogP contribution in [0.5, 0.6) is 0 Å². The van der Waals surface area contributed by atoms with Crippen LogP contribution >= 0.6 is 0 Å². The fraction of sp³-hybridized carbons (Fsp3) is 0.571. The lowest BCUT2D eigenvalue weighted by molar-refractivity contribution is -0.896. The molecule has 1 aromatic carbocycles. The lowest BCUT2D eigenvalue weighted by Gasteiger charge is -2.38. The van der Waals surface area contributed by atoms with E-state index >= 15 is 0 Å². The Morgan fingerprint density at radius 3 is 2.25 bits per heavy atom. The molecule has 1 aliphatic rings. The minimum Gasteiger partial charge on any atom is -0.388 e. The normalized spacial score (nSPS) is 22.9. The molecule has 1 fully saturated rings. The number of hydrogen-bond donors (Lipinski definition) is 1. The summed E-state index contributed by atoms with van der Waals surface area (Å²) in [4.78, 5) is 0. The first kappa shape index (κ1) is 11.6. The summed E-state index contributed by atoms with van der Waals surface area (Å²) in [5, 5.41) is 10.3. The number of hydrogen-bond acceptors (Lipinski definition) is 1. The molecule has 0 bridgehead atoms. The quantitative estimate of drug-likeness (QED) is 0.758. The molecule has 0 aliphatic carbocycles. The molecule has 2 nitrogen and oxygen atoms in total. The Bertz CT molecular complexity index is 324. The summed E-state index contributed by atoms with van der Waals surface area (Å²) in [7, 11) is 4.54. The van der Waals surface area contributed by atoms with Crippen molar-refractivity contribution in [3.05, 3.63) is 35.9 Å². The molecule has 1 aromatic rings. The molecule has 1 unspecified atom stereocenters. The largest absolute Gasteiger partial charge is 0.388 e. The van der Waals surface area contributed by atoms with Crippen LogP contribution in [0, 0.1) is 5.92 Å². The van der Waals surface area contributed by atoms with Gasteiger partial charge in [0.1, 0.15) is 0 Å². The first-order valence-electron chi connectivity index (χ1n) is 6.13. The summed E-state index contributed by atoms with van der Waals surface area (Å²) in [6.07, 6.45) is 1.98. The minimum absolute atomic E-state index is 0.276. The van der Waals surface area contributed by atoms with E-state index in [1.807, 2.05) is 30.3 Å². The van der Waals surface area contributed by atoms with Gasteiger partial charge in [0, 0.05) is 12.8 Å². The van der Waals surface area contributed by atoms with Crippen LogP contribution in [0.25, 0.3) is 0 Å². The molecule has 88 valence electrons. The smallest absolute Gasteiger partial charge is 0.0822 e. The molecule has 0 amide bonds. The van der Waals surface area contributed by atoms with E-state index < -0.39 is 0 Å². The van der Waals surface area contributed by atoms with Crippen molar-refractivity contribution in [3.8, 4) is 0 Å². The van der Waals surface area contributed by atoms with Crippen molar-refractivity contribution in [2.24, 2.45) is 5.92 Å². The third-order valence-corrected chi connectivity index (χ3v) is 3.80. The third kappa shape index (κ3) is 2.63. The highest BCUT2D eigenvalue weighted by molar-refractivity contribution is 5.18. The molecule has 1 aliphatic heterocycles. The van der Waals surface area contributed by atoms with Gasteiger partial charge in [0.15, 0.2) is 0 Å². The average molecular weight is 220 g/mol. The van der Waals surface area contributed by atoms with Crippen LogP contribution in [0.15, 0.2) is 30.3 Å². The van der Waals surface area contributed by atoms with Crippen molar-refractivity contribution < 1.29 is 9.59 Å². The zero-order valence-corrected chi connectivity index (χ0v) is 10.3. The van der Waals surface area contributed by atoms with Crippen LogP contribution in [0.3, 0.4) is 0 Å². The van der Waals surface area contributed by atoms with Gasteiger partial charge in [-0.15, -0.1) is 0 Å². The van der Waals surface area contributed by atoms with E-state index in [-0.39, 0.29) is 6.10 Å². The van der Waals surface area contributed by atoms with E-state index in [1.54, 1.807) is 0 Å². The molecule has 2 heteroatoms. The molecule has 0 aromatic heterocycles. The van der Waals surface area contributed by atoms with Gasteiger partial charge >= 0.3 is 0 Å².